The average molecular weight is 178 g/mol. The van der Waals surface area contributed by atoms with E-state index >= 15 is 0 Å². The van der Waals surface area contributed by atoms with E-state index in [2.05, 4.69) is 0 Å². The van der Waals surface area contributed by atoms with E-state index in [4.69, 9.17) is 20.6 Å². The van der Waals surface area contributed by atoms with E-state index in [1.807, 2.05) is 0 Å². The van der Waals surface area contributed by atoms with Gasteiger partial charge in [-0.15, -0.1) is 0 Å². The van der Waals surface area contributed by atoms with Crippen LogP contribution in [0.5, 0.6) is 11.5 Å². The maximum Gasteiger partial charge on any atom is 0.162 e. The number of hydrogen-bond acceptors (Lipinski definition) is 3. The fourth-order valence-corrected chi connectivity index (χ4v) is 1.21. The van der Waals surface area contributed by atoms with Crippen molar-refractivity contribution in [2.45, 2.75) is 0 Å². The van der Waals surface area contributed by atoms with Crippen LogP contribution in [0.3, 0.4) is 0 Å². The molecule has 0 unspecified atom stereocenters. The standard InChI is InChI=1S/C9H10N2O2/c10-9(11)6-1-2-7-8(5-6)13-4-3-12-7/h1-2,5H,3-4H2,(H3,10,11). The molecular formula is C9H10N2O2. The van der Waals surface area contributed by atoms with Crippen LogP contribution in [0.1, 0.15) is 5.56 Å². The molecule has 1 heterocycles. The summed E-state index contributed by atoms with van der Waals surface area (Å²) in [7, 11) is 0. The summed E-state index contributed by atoms with van der Waals surface area (Å²) in [5.74, 6) is 1.42. The van der Waals surface area contributed by atoms with Gasteiger partial charge in [0.15, 0.2) is 11.5 Å². The molecule has 2 rings (SSSR count). The Morgan fingerprint density at radius 1 is 1.23 bits per heavy atom. The van der Waals surface area contributed by atoms with Gasteiger partial charge in [0.05, 0.1) is 0 Å². The lowest BCUT2D eigenvalue weighted by Crippen LogP contribution is -2.17. The van der Waals surface area contributed by atoms with Gasteiger partial charge in [0.1, 0.15) is 19.0 Å². The van der Waals surface area contributed by atoms with Crippen molar-refractivity contribution in [1.82, 2.24) is 0 Å². The van der Waals surface area contributed by atoms with E-state index in [0.29, 0.717) is 24.5 Å². The molecular weight excluding hydrogens is 168 g/mol. The van der Waals surface area contributed by atoms with Gasteiger partial charge >= 0.3 is 0 Å². The Kier molecular flexibility index (Phi) is 1.81. The number of ether oxygens (including phenoxy) is 2. The van der Waals surface area contributed by atoms with Gasteiger partial charge in [-0.2, -0.15) is 0 Å². The second kappa shape index (κ2) is 2.97. The average Bonchev–Trinajstić information content (AvgIpc) is 2.17. The van der Waals surface area contributed by atoms with Crippen LogP contribution in [0.15, 0.2) is 18.2 Å². The molecule has 1 aliphatic rings. The highest BCUT2D eigenvalue weighted by Gasteiger charge is 2.11. The van der Waals surface area contributed by atoms with Crippen LogP contribution in [0.2, 0.25) is 0 Å². The quantitative estimate of drug-likeness (QED) is 0.492. The first-order valence-corrected chi connectivity index (χ1v) is 4.01. The predicted molar refractivity (Wildman–Crippen MR) is 48.4 cm³/mol. The summed E-state index contributed by atoms with van der Waals surface area (Å²) in [5, 5.41) is 7.23. The monoisotopic (exact) mass is 178 g/mol. The molecule has 1 aromatic carbocycles. The molecule has 0 atom stereocenters. The molecule has 1 aliphatic heterocycles. The van der Waals surface area contributed by atoms with Crippen molar-refractivity contribution in [2.24, 2.45) is 5.73 Å². The molecule has 0 fully saturated rings. The Labute approximate surface area is 75.8 Å². The topological polar surface area (TPSA) is 68.3 Å². The molecule has 13 heavy (non-hydrogen) atoms. The van der Waals surface area contributed by atoms with Gasteiger partial charge in [-0.05, 0) is 18.2 Å². The van der Waals surface area contributed by atoms with Gasteiger partial charge in [-0.25, -0.2) is 0 Å². The highest BCUT2D eigenvalue weighted by atomic mass is 16.6. The smallest absolute Gasteiger partial charge is 0.162 e. The van der Waals surface area contributed by atoms with Crippen LogP contribution in [-0.2, 0) is 0 Å². The van der Waals surface area contributed by atoms with E-state index in [0.717, 1.165) is 5.75 Å². The van der Waals surface area contributed by atoms with Crippen molar-refractivity contribution in [3.63, 3.8) is 0 Å². The molecule has 0 amide bonds. The first kappa shape index (κ1) is 7.91. The molecule has 4 heteroatoms. The molecule has 1 aromatic rings. The van der Waals surface area contributed by atoms with Gasteiger partial charge in [-0.3, -0.25) is 5.41 Å². The third-order valence-electron chi connectivity index (χ3n) is 1.85. The Bertz CT molecular complexity index is 349. The van der Waals surface area contributed by atoms with Crippen LogP contribution in [0, 0.1) is 5.41 Å². The second-order valence-electron chi connectivity index (χ2n) is 2.77. The largest absolute Gasteiger partial charge is 0.486 e. The van der Waals surface area contributed by atoms with Crippen LogP contribution < -0.4 is 15.2 Å². The number of hydrogen-bond donors (Lipinski definition) is 2. The van der Waals surface area contributed by atoms with Crippen molar-refractivity contribution in [3.05, 3.63) is 23.8 Å². The molecule has 3 N–H and O–H groups in total. The van der Waals surface area contributed by atoms with E-state index in [1.54, 1.807) is 18.2 Å². The maximum absolute atomic E-state index is 7.23. The third-order valence-corrected chi connectivity index (χ3v) is 1.85. The Morgan fingerprint density at radius 2 is 1.92 bits per heavy atom. The highest BCUT2D eigenvalue weighted by molar-refractivity contribution is 5.95. The molecule has 0 aliphatic carbocycles. The van der Waals surface area contributed by atoms with E-state index in [-0.39, 0.29) is 5.84 Å². The summed E-state index contributed by atoms with van der Waals surface area (Å²) >= 11 is 0. The summed E-state index contributed by atoms with van der Waals surface area (Å²) in [4.78, 5) is 0. The Balaban J connectivity index is 2.40. The van der Waals surface area contributed by atoms with Gasteiger partial charge in [0.2, 0.25) is 0 Å². The normalized spacial score (nSPS) is 13.8. The lowest BCUT2D eigenvalue weighted by Gasteiger charge is -2.18. The van der Waals surface area contributed by atoms with Crippen LogP contribution in [-0.4, -0.2) is 19.0 Å². The number of nitrogens with two attached hydrogens (primary N) is 1. The summed E-state index contributed by atoms with van der Waals surface area (Å²) in [6, 6.07) is 5.23. The Morgan fingerprint density at radius 3 is 2.62 bits per heavy atom. The molecule has 0 saturated carbocycles. The summed E-state index contributed by atoms with van der Waals surface area (Å²) in [6.45, 7) is 1.13. The summed E-state index contributed by atoms with van der Waals surface area (Å²) in [5.41, 5.74) is 5.99. The van der Waals surface area contributed by atoms with Gasteiger partial charge in [0.25, 0.3) is 0 Å². The first-order chi connectivity index (χ1) is 6.27. The first-order valence-electron chi connectivity index (χ1n) is 4.01. The van der Waals surface area contributed by atoms with Crippen LogP contribution in [0.25, 0.3) is 0 Å². The summed E-state index contributed by atoms with van der Waals surface area (Å²) in [6.07, 6.45) is 0. The molecule has 0 radical (unpaired) electrons. The van der Waals surface area contributed by atoms with Gasteiger partial charge in [0, 0.05) is 5.56 Å². The summed E-state index contributed by atoms with van der Waals surface area (Å²) < 4.78 is 10.7. The van der Waals surface area contributed by atoms with Crippen molar-refractivity contribution >= 4 is 5.84 Å². The van der Waals surface area contributed by atoms with Crippen LogP contribution >= 0.6 is 0 Å². The molecule has 4 nitrogen and oxygen atoms in total. The number of nitrogen functional groups attached to an aromatic ring is 1. The zero-order valence-corrected chi connectivity index (χ0v) is 7.04. The number of amidine groups is 1. The lowest BCUT2D eigenvalue weighted by atomic mass is 10.2. The minimum Gasteiger partial charge on any atom is -0.486 e. The number of fused-ring (bicyclic) bond motifs is 1. The number of rotatable bonds is 1. The predicted octanol–water partition coefficient (Wildman–Crippen LogP) is 0.742. The van der Waals surface area contributed by atoms with Crippen LogP contribution in [0.4, 0.5) is 0 Å². The van der Waals surface area contributed by atoms with E-state index < -0.39 is 0 Å². The van der Waals surface area contributed by atoms with Crippen molar-refractivity contribution in [3.8, 4) is 11.5 Å². The Hall–Kier alpha value is -1.71. The minimum absolute atomic E-state index is 0.0389. The highest BCUT2D eigenvalue weighted by Crippen LogP contribution is 2.30. The van der Waals surface area contributed by atoms with E-state index in [9.17, 15) is 0 Å². The lowest BCUT2D eigenvalue weighted by molar-refractivity contribution is 0.171. The molecule has 0 saturated heterocycles. The molecule has 68 valence electrons. The van der Waals surface area contributed by atoms with Crippen molar-refractivity contribution in [2.75, 3.05) is 13.2 Å². The third kappa shape index (κ3) is 1.42. The van der Waals surface area contributed by atoms with Gasteiger partial charge in [-0.1, -0.05) is 0 Å². The maximum atomic E-state index is 7.23. The second-order valence-corrected chi connectivity index (χ2v) is 2.77. The minimum atomic E-state index is 0.0389. The molecule has 0 bridgehead atoms. The number of benzene rings is 1. The van der Waals surface area contributed by atoms with Gasteiger partial charge < -0.3 is 15.2 Å². The SMILES string of the molecule is N=C(N)c1ccc2c(c1)OCCO2. The fraction of sp³-hybridized carbons (Fsp3) is 0.222. The number of nitrogens with one attached hydrogen (secondary N) is 1. The zero-order valence-electron chi connectivity index (χ0n) is 7.04. The molecule has 0 spiro atoms. The fourth-order valence-electron chi connectivity index (χ4n) is 1.21. The van der Waals surface area contributed by atoms with E-state index in [1.165, 1.54) is 0 Å². The van der Waals surface area contributed by atoms with Crippen molar-refractivity contribution in [1.29, 1.82) is 5.41 Å². The molecule has 0 aromatic heterocycles. The zero-order chi connectivity index (χ0) is 9.26. The van der Waals surface area contributed by atoms with Crippen molar-refractivity contribution < 1.29 is 9.47 Å².